The van der Waals surface area contributed by atoms with Crippen molar-refractivity contribution in [3.8, 4) is 11.5 Å². The Hall–Kier alpha value is -3.45. The predicted molar refractivity (Wildman–Crippen MR) is 120 cm³/mol. The van der Waals surface area contributed by atoms with Crippen molar-refractivity contribution in [2.24, 2.45) is 5.73 Å². The number of hydrogen-bond donors (Lipinski definition) is 2. The molecule has 0 spiro atoms. The number of carbonyl (C=O) groups excluding carboxylic acids is 1. The molecule has 0 saturated heterocycles. The fraction of sp³-hybridized carbons (Fsp3) is 0.217. The molecule has 31 heavy (non-hydrogen) atoms. The van der Waals surface area contributed by atoms with Crippen LogP contribution in [0.4, 0.5) is 4.79 Å². The van der Waals surface area contributed by atoms with E-state index in [-0.39, 0.29) is 23.7 Å². The Labute approximate surface area is 185 Å². The summed E-state index contributed by atoms with van der Waals surface area (Å²) in [6.45, 7) is 2.62. The SMILES string of the molecule is COc1ccccc1Cn1c(C)cc(OCc2ccccc2CNC(N)=O)c(Cl)c1=O. The van der Waals surface area contributed by atoms with Gasteiger partial charge in [-0.05, 0) is 24.1 Å². The van der Waals surface area contributed by atoms with Crippen molar-refractivity contribution >= 4 is 17.6 Å². The van der Waals surface area contributed by atoms with E-state index in [1.54, 1.807) is 17.7 Å². The number of primary amides is 1. The Morgan fingerprint density at radius 1 is 1.06 bits per heavy atom. The monoisotopic (exact) mass is 441 g/mol. The number of nitrogens with one attached hydrogen (secondary N) is 1. The first kappa shape index (κ1) is 22.2. The van der Waals surface area contributed by atoms with Crippen molar-refractivity contribution in [1.82, 2.24) is 9.88 Å². The van der Waals surface area contributed by atoms with E-state index in [1.165, 1.54) is 0 Å². The second kappa shape index (κ2) is 10.0. The Morgan fingerprint density at radius 2 is 1.71 bits per heavy atom. The molecular formula is C23H24ClN3O4. The second-order valence-corrected chi connectivity index (χ2v) is 7.32. The number of aromatic nitrogens is 1. The Bertz CT molecular complexity index is 1140. The van der Waals surface area contributed by atoms with Gasteiger partial charge in [0.2, 0.25) is 0 Å². The zero-order chi connectivity index (χ0) is 22.4. The molecule has 0 aliphatic rings. The van der Waals surface area contributed by atoms with E-state index in [1.807, 2.05) is 55.5 Å². The Kier molecular flexibility index (Phi) is 7.20. The van der Waals surface area contributed by atoms with Crippen LogP contribution in [-0.2, 0) is 19.7 Å². The lowest BCUT2D eigenvalue weighted by Gasteiger charge is -2.16. The molecule has 0 radical (unpaired) electrons. The summed E-state index contributed by atoms with van der Waals surface area (Å²) in [4.78, 5) is 23.9. The zero-order valence-corrected chi connectivity index (χ0v) is 18.1. The van der Waals surface area contributed by atoms with Crippen LogP contribution in [0.15, 0.2) is 59.4 Å². The lowest BCUT2D eigenvalue weighted by Crippen LogP contribution is -2.29. The first-order valence-corrected chi connectivity index (χ1v) is 10.0. The van der Waals surface area contributed by atoms with Gasteiger partial charge in [0, 0.05) is 23.9 Å². The van der Waals surface area contributed by atoms with Gasteiger partial charge in [0.05, 0.1) is 13.7 Å². The molecule has 3 rings (SSSR count). The summed E-state index contributed by atoms with van der Waals surface area (Å²) < 4.78 is 12.8. The van der Waals surface area contributed by atoms with Gasteiger partial charge < -0.3 is 25.1 Å². The normalized spacial score (nSPS) is 10.5. The molecule has 1 heterocycles. The number of carbonyl (C=O) groups is 1. The number of aryl methyl sites for hydroxylation is 1. The molecule has 0 saturated carbocycles. The number of para-hydroxylation sites is 1. The molecule has 2 aromatic carbocycles. The summed E-state index contributed by atoms with van der Waals surface area (Å²) in [5, 5.41) is 2.57. The molecule has 3 aromatic rings. The molecule has 0 unspecified atom stereocenters. The molecule has 162 valence electrons. The van der Waals surface area contributed by atoms with Crippen molar-refractivity contribution in [1.29, 1.82) is 0 Å². The van der Waals surface area contributed by atoms with Gasteiger partial charge in [0.1, 0.15) is 23.1 Å². The Balaban J connectivity index is 1.82. The number of amides is 2. The third-order valence-electron chi connectivity index (χ3n) is 4.89. The van der Waals surface area contributed by atoms with Gasteiger partial charge in [-0.1, -0.05) is 54.1 Å². The van der Waals surface area contributed by atoms with Gasteiger partial charge in [-0.25, -0.2) is 4.79 Å². The first-order valence-electron chi connectivity index (χ1n) is 9.65. The van der Waals surface area contributed by atoms with Gasteiger partial charge in [-0.3, -0.25) is 4.79 Å². The number of ether oxygens (including phenoxy) is 2. The third kappa shape index (κ3) is 5.38. The minimum atomic E-state index is -0.604. The van der Waals surface area contributed by atoms with E-state index < -0.39 is 6.03 Å². The second-order valence-electron chi connectivity index (χ2n) is 6.94. The largest absolute Gasteiger partial charge is 0.496 e. The number of methoxy groups -OCH3 is 1. The van der Waals surface area contributed by atoms with Gasteiger partial charge in [-0.15, -0.1) is 0 Å². The topological polar surface area (TPSA) is 95.6 Å². The average molecular weight is 442 g/mol. The lowest BCUT2D eigenvalue weighted by molar-refractivity contribution is 0.248. The highest BCUT2D eigenvalue weighted by Crippen LogP contribution is 2.25. The fourth-order valence-electron chi connectivity index (χ4n) is 3.23. The van der Waals surface area contributed by atoms with Crippen LogP contribution in [0.25, 0.3) is 0 Å². The molecule has 8 heteroatoms. The van der Waals surface area contributed by atoms with Crippen LogP contribution in [0.1, 0.15) is 22.4 Å². The van der Waals surface area contributed by atoms with Crippen molar-refractivity contribution in [3.63, 3.8) is 0 Å². The number of pyridine rings is 1. The van der Waals surface area contributed by atoms with Crippen molar-refractivity contribution < 1.29 is 14.3 Å². The number of urea groups is 1. The van der Waals surface area contributed by atoms with E-state index >= 15 is 0 Å². The van der Waals surface area contributed by atoms with E-state index in [4.69, 9.17) is 26.8 Å². The highest BCUT2D eigenvalue weighted by atomic mass is 35.5. The molecule has 0 atom stereocenters. The first-order chi connectivity index (χ1) is 14.9. The van der Waals surface area contributed by atoms with E-state index in [9.17, 15) is 9.59 Å². The van der Waals surface area contributed by atoms with Gasteiger partial charge in [0.25, 0.3) is 5.56 Å². The molecule has 1 aromatic heterocycles. The van der Waals surface area contributed by atoms with Crippen LogP contribution in [0.5, 0.6) is 11.5 Å². The molecule has 0 bridgehead atoms. The van der Waals surface area contributed by atoms with E-state index in [0.29, 0.717) is 23.7 Å². The van der Waals surface area contributed by atoms with Gasteiger partial charge >= 0.3 is 6.03 Å². The maximum Gasteiger partial charge on any atom is 0.312 e. The van der Waals surface area contributed by atoms with Gasteiger partial charge in [0.15, 0.2) is 0 Å². The zero-order valence-electron chi connectivity index (χ0n) is 17.4. The summed E-state index contributed by atoms with van der Waals surface area (Å²) in [5.41, 5.74) is 8.10. The maximum absolute atomic E-state index is 12.9. The summed E-state index contributed by atoms with van der Waals surface area (Å²) in [7, 11) is 1.59. The highest BCUT2D eigenvalue weighted by molar-refractivity contribution is 6.31. The molecule has 2 amide bonds. The van der Waals surface area contributed by atoms with Crippen LogP contribution in [0.3, 0.4) is 0 Å². The Morgan fingerprint density at radius 3 is 2.39 bits per heavy atom. The number of rotatable bonds is 8. The fourth-order valence-corrected chi connectivity index (χ4v) is 3.44. The van der Waals surface area contributed by atoms with Crippen molar-refractivity contribution in [2.45, 2.75) is 26.6 Å². The molecular weight excluding hydrogens is 418 g/mol. The molecule has 3 N–H and O–H groups in total. The number of halogens is 1. The van der Waals surface area contributed by atoms with Crippen LogP contribution >= 0.6 is 11.6 Å². The summed E-state index contributed by atoms with van der Waals surface area (Å²) in [6, 6.07) is 16.1. The van der Waals surface area contributed by atoms with Crippen LogP contribution < -0.4 is 26.1 Å². The van der Waals surface area contributed by atoms with E-state index in [2.05, 4.69) is 5.32 Å². The minimum Gasteiger partial charge on any atom is -0.496 e. The lowest BCUT2D eigenvalue weighted by atomic mass is 10.1. The molecule has 0 aliphatic carbocycles. The van der Waals surface area contributed by atoms with Crippen molar-refractivity contribution in [2.75, 3.05) is 7.11 Å². The quantitative estimate of drug-likeness (QED) is 0.558. The summed E-state index contributed by atoms with van der Waals surface area (Å²) >= 11 is 6.36. The van der Waals surface area contributed by atoms with Crippen LogP contribution in [0, 0.1) is 6.92 Å². The summed E-state index contributed by atoms with van der Waals surface area (Å²) in [6.07, 6.45) is 0. The minimum absolute atomic E-state index is 0.00763. The van der Waals surface area contributed by atoms with E-state index in [0.717, 1.165) is 16.7 Å². The standard InChI is InChI=1S/C23H24ClN3O4/c1-15-11-20(31-14-18-9-4-3-7-16(18)12-26-23(25)29)21(24)22(28)27(15)13-17-8-5-6-10-19(17)30-2/h3-11H,12-14H2,1-2H3,(H3,25,26,29). The molecule has 0 fully saturated rings. The number of hydrogen-bond acceptors (Lipinski definition) is 4. The molecule has 0 aliphatic heterocycles. The predicted octanol–water partition coefficient (Wildman–Crippen LogP) is 3.61. The average Bonchev–Trinajstić information content (AvgIpc) is 2.77. The number of nitrogens with zero attached hydrogens (tertiary/aromatic N) is 1. The molecule has 7 nitrogen and oxygen atoms in total. The smallest absolute Gasteiger partial charge is 0.312 e. The van der Waals surface area contributed by atoms with Gasteiger partial charge in [-0.2, -0.15) is 0 Å². The van der Waals surface area contributed by atoms with Crippen molar-refractivity contribution in [3.05, 3.63) is 92.4 Å². The summed E-state index contributed by atoms with van der Waals surface area (Å²) in [5.74, 6) is 1.00. The third-order valence-corrected chi connectivity index (χ3v) is 5.24. The highest BCUT2D eigenvalue weighted by Gasteiger charge is 2.15. The number of nitrogens with two attached hydrogens (primary N) is 1. The van der Waals surface area contributed by atoms with Crippen LogP contribution in [-0.4, -0.2) is 17.7 Å². The number of benzene rings is 2. The van der Waals surface area contributed by atoms with Crippen LogP contribution in [0.2, 0.25) is 5.02 Å². The maximum atomic E-state index is 12.9.